The molecular weight excluding hydrogens is 264 g/mol. The number of rotatable bonds is 6. The van der Waals surface area contributed by atoms with E-state index in [1.807, 2.05) is 19.1 Å². The molecule has 0 bridgehead atoms. The van der Waals surface area contributed by atoms with E-state index in [2.05, 4.69) is 5.32 Å². The predicted molar refractivity (Wildman–Crippen MR) is 84.5 cm³/mol. The lowest BCUT2D eigenvalue weighted by Crippen LogP contribution is -2.45. The van der Waals surface area contributed by atoms with E-state index in [1.54, 1.807) is 12.1 Å². The minimum atomic E-state index is -0.0425. The fraction of sp³-hybridized carbons (Fsp3) is 0.588. The highest BCUT2D eigenvalue weighted by molar-refractivity contribution is 5.94. The van der Waals surface area contributed by atoms with E-state index in [-0.39, 0.29) is 11.9 Å². The molecule has 21 heavy (non-hydrogen) atoms. The molecule has 116 valence electrons. The van der Waals surface area contributed by atoms with Crippen molar-refractivity contribution in [3.63, 3.8) is 0 Å². The zero-order chi connectivity index (χ0) is 15.1. The Morgan fingerprint density at radius 1 is 1.29 bits per heavy atom. The summed E-state index contributed by atoms with van der Waals surface area (Å²) in [6, 6.07) is 7.35. The van der Waals surface area contributed by atoms with E-state index in [4.69, 9.17) is 10.5 Å². The van der Waals surface area contributed by atoms with Crippen molar-refractivity contribution in [2.75, 3.05) is 13.2 Å². The first-order chi connectivity index (χ1) is 10.2. The minimum absolute atomic E-state index is 0.0425. The van der Waals surface area contributed by atoms with Gasteiger partial charge >= 0.3 is 0 Å². The summed E-state index contributed by atoms with van der Waals surface area (Å²) in [5, 5.41) is 3.10. The van der Waals surface area contributed by atoms with Gasteiger partial charge in [0.25, 0.3) is 5.91 Å². The highest BCUT2D eigenvalue weighted by Gasteiger charge is 2.24. The number of carbonyl (C=O) groups is 1. The third kappa shape index (κ3) is 4.46. The van der Waals surface area contributed by atoms with E-state index in [1.165, 1.54) is 32.1 Å². The van der Waals surface area contributed by atoms with Gasteiger partial charge in [-0.15, -0.1) is 0 Å². The van der Waals surface area contributed by atoms with Crippen LogP contribution in [-0.2, 0) is 0 Å². The maximum absolute atomic E-state index is 12.3. The molecule has 1 atom stereocenters. The van der Waals surface area contributed by atoms with Crippen molar-refractivity contribution in [3.8, 4) is 5.75 Å². The zero-order valence-electron chi connectivity index (χ0n) is 12.8. The maximum atomic E-state index is 12.3. The molecule has 0 aliphatic heterocycles. The minimum Gasteiger partial charge on any atom is -0.494 e. The Morgan fingerprint density at radius 2 is 1.95 bits per heavy atom. The van der Waals surface area contributed by atoms with Gasteiger partial charge in [-0.2, -0.15) is 0 Å². The largest absolute Gasteiger partial charge is 0.494 e. The highest BCUT2D eigenvalue weighted by Crippen LogP contribution is 2.26. The average molecular weight is 290 g/mol. The molecule has 1 fully saturated rings. The first kappa shape index (κ1) is 15.8. The number of benzene rings is 1. The first-order valence-corrected chi connectivity index (χ1v) is 7.98. The van der Waals surface area contributed by atoms with E-state index in [9.17, 15) is 4.79 Å². The number of ether oxygens (including phenoxy) is 1. The van der Waals surface area contributed by atoms with Crippen LogP contribution < -0.4 is 15.8 Å². The predicted octanol–water partition coefficient (Wildman–Crippen LogP) is 2.72. The highest BCUT2D eigenvalue weighted by atomic mass is 16.5. The van der Waals surface area contributed by atoms with Gasteiger partial charge in [0.2, 0.25) is 0 Å². The normalized spacial score (nSPS) is 17.2. The molecule has 4 heteroatoms. The lowest BCUT2D eigenvalue weighted by Gasteiger charge is -2.30. The van der Waals surface area contributed by atoms with Crippen LogP contribution in [0.4, 0.5) is 0 Å². The number of nitrogens with two attached hydrogens (primary N) is 1. The Bertz CT molecular complexity index is 439. The summed E-state index contributed by atoms with van der Waals surface area (Å²) in [6.45, 7) is 3.08. The lowest BCUT2D eigenvalue weighted by molar-refractivity contribution is 0.0915. The van der Waals surface area contributed by atoms with Crippen LogP contribution in [0.15, 0.2) is 24.3 Å². The van der Waals surface area contributed by atoms with Crippen molar-refractivity contribution in [2.45, 2.75) is 45.1 Å². The van der Waals surface area contributed by atoms with Gasteiger partial charge in [-0.25, -0.2) is 0 Å². The summed E-state index contributed by atoms with van der Waals surface area (Å²) in [4.78, 5) is 12.3. The Balaban J connectivity index is 1.94. The van der Waals surface area contributed by atoms with Crippen LogP contribution in [0.3, 0.4) is 0 Å². The van der Waals surface area contributed by atoms with Crippen LogP contribution in [0.1, 0.15) is 49.4 Å². The van der Waals surface area contributed by atoms with Gasteiger partial charge in [0.05, 0.1) is 6.61 Å². The number of hydrogen-bond acceptors (Lipinski definition) is 3. The zero-order valence-corrected chi connectivity index (χ0v) is 12.8. The number of hydrogen-bond donors (Lipinski definition) is 2. The number of nitrogens with one attached hydrogen (secondary N) is 1. The summed E-state index contributed by atoms with van der Waals surface area (Å²) in [7, 11) is 0. The Morgan fingerprint density at radius 3 is 2.52 bits per heavy atom. The molecule has 1 aliphatic rings. The Hall–Kier alpha value is -1.55. The molecule has 4 nitrogen and oxygen atoms in total. The fourth-order valence-electron chi connectivity index (χ4n) is 3.03. The monoisotopic (exact) mass is 290 g/mol. The van der Waals surface area contributed by atoms with Crippen molar-refractivity contribution in [1.29, 1.82) is 0 Å². The summed E-state index contributed by atoms with van der Waals surface area (Å²) < 4.78 is 5.39. The Labute approximate surface area is 127 Å². The van der Waals surface area contributed by atoms with E-state index in [0.717, 1.165) is 5.75 Å². The SMILES string of the molecule is CCOc1ccc(C(=O)NC(CN)C2CCCCC2)cc1. The van der Waals surface area contributed by atoms with Crippen LogP contribution in [0, 0.1) is 5.92 Å². The van der Waals surface area contributed by atoms with E-state index in [0.29, 0.717) is 24.6 Å². The molecule has 0 heterocycles. The van der Waals surface area contributed by atoms with Crippen molar-refractivity contribution in [2.24, 2.45) is 11.7 Å². The van der Waals surface area contributed by atoms with Crippen LogP contribution in [0.25, 0.3) is 0 Å². The lowest BCUT2D eigenvalue weighted by atomic mass is 9.84. The molecule has 1 amide bonds. The van der Waals surface area contributed by atoms with Crippen molar-refractivity contribution in [3.05, 3.63) is 29.8 Å². The van der Waals surface area contributed by atoms with E-state index >= 15 is 0 Å². The molecule has 0 saturated heterocycles. The maximum Gasteiger partial charge on any atom is 0.251 e. The molecule has 2 rings (SSSR count). The summed E-state index contributed by atoms with van der Waals surface area (Å²) in [5.41, 5.74) is 6.52. The van der Waals surface area contributed by atoms with Gasteiger partial charge in [-0.3, -0.25) is 4.79 Å². The second-order valence-corrected chi connectivity index (χ2v) is 5.67. The van der Waals surface area contributed by atoms with Gasteiger partial charge in [-0.1, -0.05) is 19.3 Å². The van der Waals surface area contributed by atoms with Gasteiger partial charge < -0.3 is 15.8 Å². The smallest absolute Gasteiger partial charge is 0.251 e. The van der Waals surface area contributed by atoms with Crippen LogP contribution >= 0.6 is 0 Å². The van der Waals surface area contributed by atoms with Crippen molar-refractivity contribution >= 4 is 5.91 Å². The third-order valence-corrected chi connectivity index (χ3v) is 4.22. The van der Waals surface area contributed by atoms with Gasteiger partial charge in [0, 0.05) is 18.2 Å². The van der Waals surface area contributed by atoms with Crippen molar-refractivity contribution in [1.82, 2.24) is 5.32 Å². The molecule has 1 aromatic carbocycles. The first-order valence-electron chi connectivity index (χ1n) is 7.98. The summed E-state index contributed by atoms with van der Waals surface area (Å²) in [6.07, 6.45) is 6.15. The topological polar surface area (TPSA) is 64.3 Å². The quantitative estimate of drug-likeness (QED) is 0.846. The molecular formula is C17H26N2O2. The molecule has 0 spiro atoms. The fourth-order valence-corrected chi connectivity index (χ4v) is 3.03. The summed E-state index contributed by atoms with van der Waals surface area (Å²) >= 11 is 0. The molecule has 1 aliphatic carbocycles. The Kier molecular flexibility index (Phi) is 6.05. The standard InChI is InChI=1S/C17H26N2O2/c1-2-21-15-10-8-14(9-11-15)17(20)19-16(12-18)13-6-4-3-5-7-13/h8-11,13,16H,2-7,12,18H2,1H3,(H,19,20). The second kappa shape index (κ2) is 8.03. The molecule has 1 aromatic rings. The second-order valence-electron chi connectivity index (χ2n) is 5.67. The van der Waals surface area contributed by atoms with Crippen LogP contribution in [0.5, 0.6) is 5.75 Å². The number of amides is 1. The molecule has 1 unspecified atom stereocenters. The third-order valence-electron chi connectivity index (χ3n) is 4.22. The van der Waals surface area contributed by atoms with Crippen LogP contribution in [0.2, 0.25) is 0 Å². The average Bonchev–Trinajstić information content (AvgIpc) is 2.54. The molecule has 3 N–H and O–H groups in total. The van der Waals surface area contributed by atoms with Gasteiger partial charge in [0.1, 0.15) is 5.75 Å². The van der Waals surface area contributed by atoms with Crippen LogP contribution in [-0.4, -0.2) is 25.1 Å². The van der Waals surface area contributed by atoms with Gasteiger partial charge in [-0.05, 0) is 49.9 Å². The van der Waals surface area contributed by atoms with Gasteiger partial charge in [0.15, 0.2) is 0 Å². The van der Waals surface area contributed by atoms with E-state index < -0.39 is 0 Å². The number of carbonyl (C=O) groups excluding carboxylic acids is 1. The molecule has 1 saturated carbocycles. The molecule has 0 radical (unpaired) electrons. The molecule has 0 aromatic heterocycles. The summed E-state index contributed by atoms with van der Waals surface area (Å²) in [5.74, 6) is 1.27. The van der Waals surface area contributed by atoms with Crippen molar-refractivity contribution < 1.29 is 9.53 Å².